The van der Waals surface area contributed by atoms with E-state index in [-0.39, 0.29) is 12.4 Å². The van der Waals surface area contributed by atoms with Gasteiger partial charge in [0.15, 0.2) is 5.78 Å². The Morgan fingerprint density at radius 3 is 2.36 bits per heavy atom. The molecule has 14 heavy (non-hydrogen) atoms. The number of carbonyl (C=O) groups is 1. The summed E-state index contributed by atoms with van der Waals surface area (Å²) in [5.41, 5.74) is 2.12. The van der Waals surface area contributed by atoms with Crippen LogP contribution in [-0.2, 0) is 17.6 Å². The maximum Gasteiger partial charge on any atom is 0.162 e. The summed E-state index contributed by atoms with van der Waals surface area (Å²) in [4.78, 5) is 10.9. The fraction of sp³-hybridized carbons (Fsp3) is 0.250. The predicted molar refractivity (Wildman–Crippen MR) is 56.1 cm³/mol. The van der Waals surface area contributed by atoms with Crippen molar-refractivity contribution < 1.29 is 9.90 Å². The van der Waals surface area contributed by atoms with E-state index in [9.17, 15) is 4.79 Å². The molecular formula is C12H14O2. The number of hydrogen-bond acceptors (Lipinski definition) is 2. The number of carbonyl (C=O) groups excluding carboxylic acids is 1. The van der Waals surface area contributed by atoms with Crippen molar-refractivity contribution in [2.45, 2.75) is 12.8 Å². The van der Waals surface area contributed by atoms with Crippen LogP contribution in [0.25, 0.3) is 0 Å². The van der Waals surface area contributed by atoms with Crippen molar-refractivity contribution in [3.05, 3.63) is 48.0 Å². The Kier molecular flexibility index (Phi) is 4.08. The zero-order valence-electron chi connectivity index (χ0n) is 8.07. The van der Waals surface area contributed by atoms with Gasteiger partial charge in [-0.15, -0.1) is 6.58 Å². The Morgan fingerprint density at radius 2 is 1.86 bits per heavy atom. The van der Waals surface area contributed by atoms with E-state index >= 15 is 0 Å². The van der Waals surface area contributed by atoms with Crippen molar-refractivity contribution in [2.75, 3.05) is 6.61 Å². The molecule has 1 aromatic rings. The molecule has 1 N–H and O–H groups in total. The molecule has 2 nitrogen and oxygen atoms in total. The van der Waals surface area contributed by atoms with E-state index in [1.807, 2.05) is 30.3 Å². The molecule has 0 aliphatic rings. The lowest BCUT2D eigenvalue weighted by Gasteiger charge is -2.00. The lowest BCUT2D eigenvalue weighted by atomic mass is 10.1. The van der Waals surface area contributed by atoms with Gasteiger partial charge in [0, 0.05) is 6.42 Å². The van der Waals surface area contributed by atoms with Gasteiger partial charge in [-0.1, -0.05) is 30.3 Å². The van der Waals surface area contributed by atoms with Crippen molar-refractivity contribution >= 4 is 5.78 Å². The second-order valence-corrected chi connectivity index (χ2v) is 3.18. The second-order valence-electron chi connectivity index (χ2n) is 3.18. The van der Waals surface area contributed by atoms with Crippen molar-refractivity contribution in [1.29, 1.82) is 0 Å². The minimum absolute atomic E-state index is 0.151. The summed E-state index contributed by atoms with van der Waals surface area (Å²) in [7, 11) is 0. The number of allylic oxidation sites excluding steroid dienone is 1. The van der Waals surface area contributed by atoms with E-state index in [1.165, 1.54) is 5.56 Å². The standard InChI is InChI=1S/C12H14O2/c1-2-3-10-4-6-11(7-5-10)8-12(14)9-13/h2,4-7,13H,1,3,8-9H2. The fourth-order valence-electron chi connectivity index (χ4n) is 1.24. The normalized spacial score (nSPS) is 9.79. The summed E-state index contributed by atoms with van der Waals surface area (Å²) in [6, 6.07) is 7.77. The third kappa shape index (κ3) is 3.15. The van der Waals surface area contributed by atoms with E-state index in [2.05, 4.69) is 6.58 Å². The number of rotatable bonds is 5. The number of hydrogen-bond donors (Lipinski definition) is 1. The number of ketones is 1. The van der Waals surface area contributed by atoms with Gasteiger partial charge in [-0.05, 0) is 17.5 Å². The van der Waals surface area contributed by atoms with E-state index in [1.54, 1.807) is 0 Å². The highest BCUT2D eigenvalue weighted by Gasteiger charge is 2.01. The van der Waals surface area contributed by atoms with Crippen LogP contribution in [0.1, 0.15) is 11.1 Å². The number of aliphatic hydroxyl groups is 1. The smallest absolute Gasteiger partial charge is 0.162 e. The van der Waals surface area contributed by atoms with E-state index in [0.717, 1.165) is 12.0 Å². The molecule has 0 saturated heterocycles. The molecule has 0 bridgehead atoms. The quantitative estimate of drug-likeness (QED) is 0.715. The van der Waals surface area contributed by atoms with Crippen LogP contribution in [0, 0.1) is 0 Å². The monoisotopic (exact) mass is 190 g/mol. The number of Topliss-reactive ketones (excluding diaryl/α,β-unsaturated/α-hetero) is 1. The molecule has 74 valence electrons. The van der Waals surface area contributed by atoms with Gasteiger partial charge in [0.2, 0.25) is 0 Å². The first-order valence-electron chi connectivity index (χ1n) is 4.57. The van der Waals surface area contributed by atoms with Crippen LogP contribution < -0.4 is 0 Å². The molecule has 0 aliphatic carbocycles. The molecule has 1 aromatic carbocycles. The van der Waals surface area contributed by atoms with E-state index < -0.39 is 0 Å². The first-order chi connectivity index (χ1) is 6.76. The van der Waals surface area contributed by atoms with Crippen LogP contribution in [0.3, 0.4) is 0 Å². The first-order valence-corrected chi connectivity index (χ1v) is 4.57. The average molecular weight is 190 g/mol. The minimum Gasteiger partial charge on any atom is -0.389 e. The second kappa shape index (κ2) is 5.35. The number of aliphatic hydroxyl groups excluding tert-OH is 1. The maximum atomic E-state index is 10.9. The van der Waals surface area contributed by atoms with Crippen LogP contribution in [0.4, 0.5) is 0 Å². The van der Waals surface area contributed by atoms with E-state index in [4.69, 9.17) is 5.11 Å². The van der Waals surface area contributed by atoms with E-state index in [0.29, 0.717) is 6.42 Å². The molecule has 0 aromatic heterocycles. The molecule has 0 saturated carbocycles. The van der Waals surface area contributed by atoms with Crippen molar-refractivity contribution in [1.82, 2.24) is 0 Å². The first kappa shape index (κ1) is 10.7. The summed E-state index contributed by atoms with van der Waals surface area (Å²) in [6.45, 7) is 3.27. The van der Waals surface area contributed by atoms with Gasteiger partial charge in [-0.3, -0.25) is 4.79 Å². The summed E-state index contributed by atoms with van der Waals surface area (Å²) < 4.78 is 0. The Hall–Kier alpha value is -1.41. The van der Waals surface area contributed by atoms with Crippen molar-refractivity contribution in [2.24, 2.45) is 0 Å². The average Bonchev–Trinajstić information content (AvgIpc) is 2.21. The zero-order valence-corrected chi connectivity index (χ0v) is 8.07. The predicted octanol–water partition coefficient (Wildman–Crippen LogP) is 1.52. The number of benzene rings is 1. The molecule has 0 unspecified atom stereocenters. The summed E-state index contributed by atoms with van der Waals surface area (Å²) in [6.07, 6.45) is 2.99. The van der Waals surface area contributed by atoms with Crippen LogP contribution >= 0.6 is 0 Å². The van der Waals surface area contributed by atoms with Gasteiger partial charge in [0.1, 0.15) is 6.61 Å². The van der Waals surface area contributed by atoms with Crippen molar-refractivity contribution in [3.8, 4) is 0 Å². The molecule has 0 spiro atoms. The molecule has 0 heterocycles. The zero-order chi connectivity index (χ0) is 10.4. The van der Waals surface area contributed by atoms with Crippen LogP contribution in [0.5, 0.6) is 0 Å². The molecule has 0 fully saturated rings. The topological polar surface area (TPSA) is 37.3 Å². The molecule has 1 rings (SSSR count). The fourth-order valence-corrected chi connectivity index (χ4v) is 1.24. The van der Waals surface area contributed by atoms with Crippen LogP contribution in [0.2, 0.25) is 0 Å². The lowest BCUT2D eigenvalue weighted by molar-refractivity contribution is -0.121. The molecule has 2 heteroatoms. The minimum atomic E-state index is -0.381. The van der Waals surface area contributed by atoms with Crippen LogP contribution in [0.15, 0.2) is 36.9 Å². The van der Waals surface area contributed by atoms with Gasteiger partial charge in [-0.25, -0.2) is 0 Å². The third-order valence-electron chi connectivity index (χ3n) is 1.98. The molecule has 0 amide bonds. The van der Waals surface area contributed by atoms with Gasteiger partial charge in [0.25, 0.3) is 0 Å². The Labute approximate surface area is 83.9 Å². The highest BCUT2D eigenvalue weighted by molar-refractivity contribution is 5.81. The Balaban J connectivity index is 2.63. The molecule has 0 aliphatic heterocycles. The Morgan fingerprint density at radius 1 is 1.29 bits per heavy atom. The van der Waals surface area contributed by atoms with Gasteiger partial charge in [0.05, 0.1) is 0 Å². The van der Waals surface area contributed by atoms with Crippen molar-refractivity contribution in [3.63, 3.8) is 0 Å². The summed E-state index contributed by atoms with van der Waals surface area (Å²) >= 11 is 0. The van der Waals surface area contributed by atoms with Crippen LogP contribution in [-0.4, -0.2) is 17.5 Å². The third-order valence-corrected chi connectivity index (χ3v) is 1.98. The largest absolute Gasteiger partial charge is 0.389 e. The van der Waals surface area contributed by atoms with Gasteiger partial charge in [-0.2, -0.15) is 0 Å². The SMILES string of the molecule is C=CCc1ccc(CC(=O)CO)cc1. The maximum absolute atomic E-state index is 10.9. The molecule has 0 radical (unpaired) electrons. The highest BCUT2D eigenvalue weighted by atomic mass is 16.3. The molecule has 0 atom stereocenters. The highest BCUT2D eigenvalue weighted by Crippen LogP contribution is 2.06. The Bertz CT molecular complexity index is 312. The molecular weight excluding hydrogens is 176 g/mol. The lowest BCUT2D eigenvalue weighted by Crippen LogP contribution is -2.07. The summed E-state index contributed by atoms with van der Waals surface area (Å²) in [5, 5.41) is 8.57. The summed E-state index contributed by atoms with van der Waals surface area (Å²) in [5.74, 6) is -0.151. The van der Waals surface area contributed by atoms with Gasteiger partial charge < -0.3 is 5.11 Å². The van der Waals surface area contributed by atoms with Gasteiger partial charge >= 0.3 is 0 Å².